The van der Waals surface area contributed by atoms with Gasteiger partial charge in [0.15, 0.2) is 5.65 Å². The zero-order valence-electron chi connectivity index (χ0n) is 18.4. The summed E-state index contributed by atoms with van der Waals surface area (Å²) in [5, 5.41) is 3.67. The molecular formula is C26H21FN4O3. The molecule has 1 fully saturated rings. The van der Waals surface area contributed by atoms with Crippen LogP contribution >= 0.6 is 0 Å². The number of hydrogen-bond donors (Lipinski definition) is 1. The fourth-order valence-corrected chi connectivity index (χ4v) is 3.79. The van der Waals surface area contributed by atoms with Gasteiger partial charge in [0.05, 0.1) is 13.1 Å². The molecule has 34 heavy (non-hydrogen) atoms. The molecule has 3 heterocycles. The molecule has 1 aliphatic heterocycles. The van der Waals surface area contributed by atoms with Gasteiger partial charge in [-0.25, -0.2) is 14.4 Å². The predicted molar refractivity (Wildman–Crippen MR) is 126 cm³/mol. The van der Waals surface area contributed by atoms with Crippen LogP contribution in [0.4, 0.5) is 10.2 Å². The van der Waals surface area contributed by atoms with Crippen molar-refractivity contribution in [3.8, 4) is 16.9 Å². The molecule has 2 amide bonds. The number of hydrogen-bond acceptors (Lipinski definition) is 5. The highest BCUT2D eigenvalue weighted by atomic mass is 19.1. The number of nitrogens with one attached hydrogen (secondary N) is 1. The Labute approximate surface area is 195 Å². The molecule has 0 radical (unpaired) electrons. The lowest BCUT2D eigenvalue weighted by Gasteiger charge is -2.38. The smallest absolute Gasteiger partial charge is 0.256 e. The van der Waals surface area contributed by atoms with Crippen molar-refractivity contribution in [2.45, 2.75) is 13.0 Å². The summed E-state index contributed by atoms with van der Waals surface area (Å²) in [7, 11) is 0. The van der Waals surface area contributed by atoms with Crippen molar-refractivity contribution in [1.82, 2.24) is 14.9 Å². The molecule has 0 unspecified atom stereocenters. The van der Waals surface area contributed by atoms with Gasteiger partial charge in [0.2, 0.25) is 5.91 Å². The van der Waals surface area contributed by atoms with Gasteiger partial charge in [-0.2, -0.15) is 0 Å². The van der Waals surface area contributed by atoms with E-state index in [2.05, 4.69) is 15.3 Å². The molecule has 0 spiro atoms. The van der Waals surface area contributed by atoms with Crippen LogP contribution in [0.5, 0.6) is 5.75 Å². The number of fused-ring (bicyclic) bond motifs is 1. The SMILES string of the molecule is CC(=O)N1CC(Oc2cc(C(=O)Nc3ccc4cccnc4n3)ccc2-c2ccc(F)cc2)C1. The molecule has 5 rings (SSSR count). The van der Waals surface area contributed by atoms with Crippen LogP contribution in [0.3, 0.4) is 0 Å². The van der Waals surface area contributed by atoms with Crippen molar-refractivity contribution < 1.29 is 18.7 Å². The van der Waals surface area contributed by atoms with Crippen LogP contribution in [0.25, 0.3) is 22.2 Å². The molecule has 2 aromatic heterocycles. The molecule has 2 aromatic carbocycles. The summed E-state index contributed by atoms with van der Waals surface area (Å²) in [5.74, 6) is 0.176. The van der Waals surface area contributed by atoms with Crippen molar-refractivity contribution in [2.24, 2.45) is 0 Å². The Morgan fingerprint density at radius 2 is 1.85 bits per heavy atom. The molecule has 0 aliphatic carbocycles. The standard InChI is InChI=1S/C26H21FN4O3/c1-16(32)31-14-21(15-31)34-23-13-19(6-10-22(23)17-4-8-20(27)9-5-17)26(33)30-24-11-7-18-3-2-12-28-25(18)29-24/h2-13,21H,14-15H2,1H3,(H,28,29,30,33). The number of carbonyl (C=O) groups excluding carboxylic acids is 2. The van der Waals surface area contributed by atoms with Crippen LogP contribution in [0.2, 0.25) is 0 Å². The Bertz CT molecular complexity index is 1380. The van der Waals surface area contributed by atoms with Crippen molar-refractivity contribution in [3.63, 3.8) is 0 Å². The Kier molecular flexibility index (Phi) is 5.63. The average Bonchev–Trinajstić information content (AvgIpc) is 2.81. The lowest BCUT2D eigenvalue weighted by atomic mass is 10.0. The van der Waals surface area contributed by atoms with Crippen LogP contribution in [-0.4, -0.2) is 45.9 Å². The third kappa shape index (κ3) is 4.43. The number of benzene rings is 2. The third-order valence-electron chi connectivity index (χ3n) is 5.69. The van der Waals surface area contributed by atoms with Crippen molar-refractivity contribution in [3.05, 3.63) is 84.3 Å². The number of halogens is 1. The van der Waals surface area contributed by atoms with E-state index in [4.69, 9.17) is 4.74 Å². The number of nitrogens with zero attached hydrogens (tertiary/aromatic N) is 3. The number of ether oxygens (including phenoxy) is 1. The van der Waals surface area contributed by atoms with Gasteiger partial charge in [0, 0.05) is 29.6 Å². The van der Waals surface area contributed by atoms with Crippen LogP contribution in [0, 0.1) is 5.82 Å². The molecule has 8 heteroatoms. The first-order valence-electron chi connectivity index (χ1n) is 10.8. The zero-order chi connectivity index (χ0) is 23.7. The van der Waals surface area contributed by atoms with Gasteiger partial charge in [-0.05, 0) is 60.2 Å². The first-order chi connectivity index (χ1) is 16.5. The second-order valence-corrected chi connectivity index (χ2v) is 8.08. The van der Waals surface area contributed by atoms with E-state index in [-0.39, 0.29) is 23.7 Å². The highest BCUT2D eigenvalue weighted by Crippen LogP contribution is 2.33. The van der Waals surface area contributed by atoms with E-state index in [1.807, 2.05) is 18.2 Å². The van der Waals surface area contributed by atoms with Gasteiger partial charge in [0.1, 0.15) is 23.5 Å². The van der Waals surface area contributed by atoms with E-state index in [1.54, 1.807) is 47.5 Å². The van der Waals surface area contributed by atoms with Gasteiger partial charge < -0.3 is 15.0 Å². The van der Waals surface area contributed by atoms with E-state index in [1.165, 1.54) is 19.1 Å². The van der Waals surface area contributed by atoms with Gasteiger partial charge in [-0.15, -0.1) is 0 Å². The van der Waals surface area contributed by atoms with Crippen molar-refractivity contribution in [2.75, 3.05) is 18.4 Å². The maximum atomic E-state index is 13.4. The van der Waals surface area contributed by atoms with Crippen molar-refractivity contribution >= 4 is 28.7 Å². The molecule has 1 saturated heterocycles. The summed E-state index contributed by atoms with van der Waals surface area (Å²) in [5.41, 5.74) is 2.40. The van der Waals surface area contributed by atoms with E-state index in [0.717, 1.165) is 16.5 Å². The van der Waals surface area contributed by atoms with Gasteiger partial charge in [-0.3, -0.25) is 9.59 Å². The molecule has 1 aliphatic rings. The summed E-state index contributed by atoms with van der Waals surface area (Å²) in [6, 6.07) is 18.5. The molecular weight excluding hydrogens is 435 g/mol. The number of pyridine rings is 2. The molecule has 0 bridgehead atoms. The lowest BCUT2D eigenvalue weighted by molar-refractivity contribution is -0.137. The molecule has 170 valence electrons. The number of anilines is 1. The second kappa shape index (κ2) is 8.90. The molecule has 4 aromatic rings. The monoisotopic (exact) mass is 456 g/mol. The Morgan fingerprint density at radius 1 is 1.06 bits per heavy atom. The lowest BCUT2D eigenvalue weighted by Crippen LogP contribution is -2.55. The molecule has 0 atom stereocenters. The molecule has 0 saturated carbocycles. The number of aromatic nitrogens is 2. The normalized spacial score (nSPS) is 13.4. The summed E-state index contributed by atoms with van der Waals surface area (Å²) in [6.07, 6.45) is 1.46. The van der Waals surface area contributed by atoms with Crippen molar-refractivity contribution in [1.29, 1.82) is 0 Å². The third-order valence-corrected chi connectivity index (χ3v) is 5.69. The molecule has 1 N–H and O–H groups in total. The molecule has 7 nitrogen and oxygen atoms in total. The number of likely N-dealkylation sites (tertiary alicyclic amines) is 1. The van der Waals surface area contributed by atoms with Crippen LogP contribution in [-0.2, 0) is 4.79 Å². The summed E-state index contributed by atoms with van der Waals surface area (Å²) >= 11 is 0. The minimum Gasteiger partial charge on any atom is -0.486 e. The predicted octanol–water partition coefficient (Wildman–Crippen LogP) is 4.30. The van der Waals surface area contributed by atoms with E-state index in [9.17, 15) is 14.0 Å². The summed E-state index contributed by atoms with van der Waals surface area (Å²) in [6.45, 7) is 2.46. The minimum absolute atomic E-state index is 0.0101. The quantitative estimate of drug-likeness (QED) is 0.484. The van der Waals surface area contributed by atoms with Gasteiger partial charge >= 0.3 is 0 Å². The fraction of sp³-hybridized carbons (Fsp3) is 0.154. The number of rotatable bonds is 5. The average molecular weight is 456 g/mol. The Hall–Kier alpha value is -4.33. The maximum Gasteiger partial charge on any atom is 0.256 e. The van der Waals surface area contributed by atoms with Gasteiger partial charge in [0.25, 0.3) is 5.91 Å². The Balaban J connectivity index is 1.41. The maximum absolute atomic E-state index is 13.4. The zero-order valence-corrected chi connectivity index (χ0v) is 18.4. The summed E-state index contributed by atoms with van der Waals surface area (Å²) in [4.78, 5) is 34.8. The van der Waals surface area contributed by atoms with Crippen LogP contribution in [0.15, 0.2) is 72.9 Å². The first kappa shape index (κ1) is 21.5. The van der Waals surface area contributed by atoms with Gasteiger partial charge in [-0.1, -0.05) is 12.1 Å². The Morgan fingerprint density at radius 3 is 2.62 bits per heavy atom. The largest absolute Gasteiger partial charge is 0.486 e. The van der Waals surface area contributed by atoms with Crippen LogP contribution in [0.1, 0.15) is 17.3 Å². The highest BCUT2D eigenvalue weighted by molar-refractivity contribution is 6.04. The second-order valence-electron chi connectivity index (χ2n) is 8.08. The van der Waals surface area contributed by atoms with Crippen LogP contribution < -0.4 is 10.1 Å². The highest BCUT2D eigenvalue weighted by Gasteiger charge is 2.31. The summed E-state index contributed by atoms with van der Waals surface area (Å²) < 4.78 is 19.6. The van der Waals surface area contributed by atoms with E-state index < -0.39 is 0 Å². The minimum atomic E-state index is -0.350. The fourth-order valence-electron chi connectivity index (χ4n) is 3.79. The number of amides is 2. The topological polar surface area (TPSA) is 84.4 Å². The van der Waals surface area contributed by atoms with E-state index in [0.29, 0.717) is 35.9 Å². The van der Waals surface area contributed by atoms with E-state index >= 15 is 0 Å². The first-order valence-corrected chi connectivity index (χ1v) is 10.8. The number of carbonyl (C=O) groups is 2.